The summed E-state index contributed by atoms with van der Waals surface area (Å²) in [5.41, 5.74) is -0.298. The SMILES string of the molecule is CCCOc1cccc2c1CC(C(=O)O)(C(=O)O)C2. The molecule has 0 saturated carbocycles. The first-order chi connectivity index (χ1) is 9.01. The van der Waals surface area contributed by atoms with Gasteiger partial charge in [0.15, 0.2) is 5.41 Å². The molecule has 0 radical (unpaired) electrons. The quantitative estimate of drug-likeness (QED) is 0.791. The van der Waals surface area contributed by atoms with Gasteiger partial charge in [0.1, 0.15) is 5.75 Å². The van der Waals surface area contributed by atoms with Crippen LogP contribution in [0.5, 0.6) is 5.75 Å². The molecule has 102 valence electrons. The van der Waals surface area contributed by atoms with Crippen molar-refractivity contribution in [2.45, 2.75) is 26.2 Å². The number of fused-ring (bicyclic) bond motifs is 1. The fraction of sp³-hybridized carbons (Fsp3) is 0.429. The Bertz CT molecular complexity index is 507. The number of ether oxygens (including phenoxy) is 1. The largest absolute Gasteiger partial charge is 0.493 e. The summed E-state index contributed by atoms with van der Waals surface area (Å²) in [5, 5.41) is 18.5. The van der Waals surface area contributed by atoms with Gasteiger partial charge in [-0.3, -0.25) is 9.59 Å². The van der Waals surface area contributed by atoms with E-state index in [-0.39, 0.29) is 12.8 Å². The summed E-state index contributed by atoms with van der Waals surface area (Å²) in [7, 11) is 0. The molecule has 1 aromatic carbocycles. The normalized spacial score (nSPS) is 15.8. The standard InChI is InChI=1S/C14H16O5/c1-2-6-19-11-5-3-4-9-7-14(12(15)16,13(17)18)8-10(9)11/h3-5H,2,6-8H2,1H3,(H,15,16)(H,17,18). The van der Waals surface area contributed by atoms with Crippen molar-refractivity contribution in [3.8, 4) is 5.75 Å². The highest BCUT2D eigenvalue weighted by Crippen LogP contribution is 2.41. The predicted molar refractivity (Wildman–Crippen MR) is 67.3 cm³/mol. The average molecular weight is 264 g/mol. The molecule has 1 aliphatic rings. The molecule has 1 aromatic rings. The van der Waals surface area contributed by atoms with Crippen LogP contribution in [0, 0.1) is 5.41 Å². The van der Waals surface area contributed by atoms with Gasteiger partial charge in [-0.05, 0) is 30.0 Å². The van der Waals surface area contributed by atoms with Crippen LogP contribution in [0.15, 0.2) is 18.2 Å². The van der Waals surface area contributed by atoms with Gasteiger partial charge in [-0.25, -0.2) is 0 Å². The first-order valence-electron chi connectivity index (χ1n) is 6.21. The van der Waals surface area contributed by atoms with Crippen molar-refractivity contribution in [2.75, 3.05) is 6.61 Å². The second kappa shape index (κ2) is 4.91. The van der Waals surface area contributed by atoms with E-state index < -0.39 is 17.4 Å². The highest BCUT2D eigenvalue weighted by Gasteiger charge is 2.51. The molecule has 0 heterocycles. The van der Waals surface area contributed by atoms with E-state index in [0.29, 0.717) is 17.9 Å². The lowest BCUT2D eigenvalue weighted by Gasteiger charge is -2.17. The molecule has 0 atom stereocenters. The number of carboxylic acids is 2. The van der Waals surface area contributed by atoms with Crippen molar-refractivity contribution >= 4 is 11.9 Å². The van der Waals surface area contributed by atoms with Gasteiger partial charge in [-0.2, -0.15) is 0 Å². The first-order valence-corrected chi connectivity index (χ1v) is 6.21. The van der Waals surface area contributed by atoms with Crippen LogP contribution in [0.1, 0.15) is 24.5 Å². The lowest BCUT2D eigenvalue weighted by Crippen LogP contribution is -2.40. The third kappa shape index (κ3) is 2.16. The van der Waals surface area contributed by atoms with Crippen LogP contribution in [0.4, 0.5) is 0 Å². The Balaban J connectivity index is 2.38. The minimum absolute atomic E-state index is 0.0102. The number of rotatable bonds is 5. The van der Waals surface area contributed by atoms with Gasteiger partial charge in [0.05, 0.1) is 6.61 Å². The zero-order valence-electron chi connectivity index (χ0n) is 10.7. The maximum Gasteiger partial charge on any atom is 0.321 e. The highest BCUT2D eigenvalue weighted by atomic mass is 16.5. The Morgan fingerprint density at radius 1 is 1.26 bits per heavy atom. The summed E-state index contributed by atoms with van der Waals surface area (Å²) in [6, 6.07) is 5.29. The third-order valence-electron chi connectivity index (χ3n) is 3.48. The van der Waals surface area contributed by atoms with Crippen molar-refractivity contribution in [2.24, 2.45) is 5.41 Å². The van der Waals surface area contributed by atoms with Crippen molar-refractivity contribution in [3.05, 3.63) is 29.3 Å². The molecule has 0 saturated heterocycles. The molecule has 5 nitrogen and oxygen atoms in total. The molecule has 0 aromatic heterocycles. The Morgan fingerprint density at radius 3 is 2.53 bits per heavy atom. The molecular formula is C14H16O5. The van der Waals surface area contributed by atoms with Crippen LogP contribution in [-0.4, -0.2) is 28.8 Å². The zero-order valence-corrected chi connectivity index (χ0v) is 10.7. The molecule has 5 heteroatoms. The number of hydrogen-bond donors (Lipinski definition) is 2. The van der Waals surface area contributed by atoms with Crippen LogP contribution in [0.2, 0.25) is 0 Å². The van der Waals surface area contributed by atoms with E-state index in [1.54, 1.807) is 18.2 Å². The van der Waals surface area contributed by atoms with E-state index in [2.05, 4.69) is 0 Å². The minimum Gasteiger partial charge on any atom is -0.493 e. The summed E-state index contributed by atoms with van der Waals surface area (Å²) in [6.45, 7) is 2.51. The van der Waals surface area contributed by atoms with E-state index >= 15 is 0 Å². The Hall–Kier alpha value is -2.04. The number of benzene rings is 1. The Morgan fingerprint density at radius 2 is 1.95 bits per heavy atom. The van der Waals surface area contributed by atoms with Crippen molar-refractivity contribution < 1.29 is 24.5 Å². The van der Waals surface area contributed by atoms with Crippen LogP contribution >= 0.6 is 0 Å². The number of carbonyl (C=O) groups is 2. The summed E-state index contributed by atoms with van der Waals surface area (Å²) < 4.78 is 5.56. The number of aliphatic carboxylic acids is 2. The topological polar surface area (TPSA) is 83.8 Å². The second-order valence-electron chi connectivity index (χ2n) is 4.79. The van der Waals surface area contributed by atoms with Gasteiger partial charge in [0, 0.05) is 6.42 Å². The van der Waals surface area contributed by atoms with Crippen LogP contribution < -0.4 is 4.74 Å². The van der Waals surface area contributed by atoms with Crippen LogP contribution in [0.25, 0.3) is 0 Å². The van der Waals surface area contributed by atoms with Gasteiger partial charge in [0.25, 0.3) is 0 Å². The third-order valence-corrected chi connectivity index (χ3v) is 3.48. The van der Waals surface area contributed by atoms with E-state index in [1.165, 1.54) is 0 Å². The second-order valence-corrected chi connectivity index (χ2v) is 4.79. The van der Waals surface area contributed by atoms with Crippen LogP contribution in [0.3, 0.4) is 0 Å². The lowest BCUT2D eigenvalue weighted by molar-refractivity contribution is -0.163. The molecule has 19 heavy (non-hydrogen) atoms. The van der Waals surface area contributed by atoms with E-state index in [9.17, 15) is 19.8 Å². The molecule has 0 amide bonds. The fourth-order valence-electron chi connectivity index (χ4n) is 2.41. The molecular weight excluding hydrogens is 248 g/mol. The lowest BCUT2D eigenvalue weighted by atomic mass is 9.85. The Kier molecular flexibility index (Phi) is 3.46. The monoisotopic (exact) mass is 264 g/mol. The minimum atomic E-state index is -1.76. The summed E-state index contributed by atoms with van der Waals surface area (Å²) in [5.74, 6) is -1.99. The van der Waals surface area contributed by atoms with Crippen LogP contribution in [-0.2, 0) is 22.4 Å². The fourth-order valence-corrected chi connectivity index (χ4v) is 2.41. The van der Waals surface area contributed by atoms with Gasteiger partial charge in [-0.1, -0.05) is 19.1 Å². The first kappa shape index (κ1) is 13.4. The molecule has 1 aliphatic carbocycles. The Labute approximate surface area is 110 Å². The summed E-state index contributed by atoms with van der Waals surface area (Å²) in [6.07, 6.45) is 0.829. The van der Waals surface area contributed by atoms with E-state index in [1.807, 2.05) is 6.92 Å². The molecule has 0 fully saturated rings. The molecule has 2 rings (SSSR count). The molecule has 0 bridgehead atoms. The zero-order chi connectivity index (χ0) is 14.0. The van der Waals surface area contributed by atoms with Gasteiger partial charge in [0.2, 0.25) is 0 Å². The number of hydrogen-bond acceptors (Lipinski definition) is 3. The van der Waals surface area contributed by atoms with Crippen molar-refractivity contribution in [1.29, 1.82) is 0 Å². The van der Waals surface area contributed by atoms with Crippen molar-refractivity contribution in [3.63, 3.8) is 0 Å². The van der Waals surface area contributed by atoms with Gasteiger partial charge in [-0.15, -0.1) is 0 Å². The van der Waals surface area contributed by atoms with Gasteiger partial charge < -0.3 is 14.9 Å². The van der Waals surface area contributed by atoms with E-state index in [4.69, 9.17) is 4.74 Å². The maximum absolute atomic E-state index is 11.3. The predicted octanol–water partition coefficient (Wildman–Crippen LogP) is 1.73. The molecule has 0 unspecified atom stereocenters. The van der Waals surface area contributed by atoms with E-state index in [0.717, 1.165) is 12.0 Å². The summed E-state index contributed by atoms with van der Waals surface area (Å²) >= 11 is 0. The maximum atomic E-state index is 11.3. The average Bonchev–Trinajstić information content (AvgIpc) is 2.77. The summed E-state index contributed by atoms with van der Waals surface area (Å²) in [4.78, 5) is 22.7. The highest BCUT2D eigenvalue weighted by molar-refractivity contribution is 6.00. The molecule has 2 N–H and O–H groups in total. The molecule has 0 aliphatic heterocycles. The number of carboxylic acid groups (broad SMARTS) is 2. The smallest absolute Gasteiger partial charge is 0.321 e. The molecule has 0 spiro atoms. The van der Waals surface area contributed by atoms with Gasteiger partial charge >= 0.3 is 11.9 Å². The van der Waals surface area contributed by atoms with Crippen molar-refractivity contribution in [1.82, 2.24) is 0 Å².